The highest BCUT2D eigenvalue weighted by Gasteiger charge is 2.20. The van der Waals surface area contributed by atoms with Crippen LogP contribution in [0.4, 0.5) is 21.9 Å². The lowest BCUT2D eigenvalue weighted by Crippen LogP contribution is -2.33. The Morgan fingerprint density at radius 3 is 2.37 bits per heavy atom. The number of hydrogen-bond acceptors (Lipinski definition) is 3. The number of halogens is 2. The number of rotatable bonds is 7. The van der Waals surface area contributed by atoms with E-state index in [2.05, 4.69) is 20.9 Å². The van der Waals surface area contributed by atoms with E-state index in [0.717, 1.165) is 43.6 Å². The number of urea groups is 1. The Balaban J connectivity index is 1.48. The molecule has 182 valence electrons. The van der Waals surface area contributed by atoms with E-state index in [1.807, 2.05) is 42.5 Å². The molecule has 3 N–H and O–H groups in total. The molecule has 0 radical (unpaired) electrons. The van der Waals surface area contributed by atoms with Gasteiger partial charge < -0.3 is 20.9 Å². The quantitative estimate of drug-likeness (QED) is 0.335. The summed E-state index contributed by atoms with van der Waals surface area (Å²) < 4.78 is 0. The molecule has 0 bridgehead atoms. The maximum absolute atomic E-state index is 13.2. The molecule has 0 atom stereocenters. The number of piperidine rings is 1. The topological polar surface area (TPSA) is 73.5 Å². The maximum Gasteiger partial charge on any atom is 0.323 e. The van der Waals surface area contributed by atoms with Gasteiger partial charge in [0, 0.05) is 36.0 Å². The zero-order chi connectivity index (χ0) is 24.6. The Morgan fingerprint density at radius 2 is 1.63 bits per heavy atom. The van der Waals surface area contributed by atoms with E-state index in [1.165, 1.54) is 6.42 Å². The Hall–Kier alpha value is -3.22. The number of anilines is 3. The molecule has 1 saturated heterocycles. The van der Waals surface area contributed by atoms with Crippen LogP contribution in [0.15, 0.2) is 66.7 Å². The Labute approximate surface area is 215 Å². The minimum absolute atomic E-state index is 0.161. The molecule has 3 amide bonds. The van der Waals surface area contributed by atoms with Gasteiger partial charge in [-0.3, -0.25) is 4.79 Å². The molecule has 8 heteroatoms. The van der Waals surface area contributed by atoms with Crippen molar-refractivity contribution in [3.05, 3.63) is 87.9 Å². The SMILES string of the molecule is O=C(Nc1ccc(N2CCCCC2)c(C(=O)NCCc2ccccc2)c1)Nc1ccc(Cl)cc1Cl. The smallest absolute Gasteiger partial charge is 0.323 e. The van der Waals surface area contributed by atoms with Crippen molar-refractivity contribution in [2.45, 2.75) is 25.7 Å². The van der Waals surface area contributed by atoms with Crippen LogP contribution in [0.3, 0.4) is 0 Å². The molecule has 4 rings (SSSR count). The number of carbonyl (C=O) groups is 2. The van der Waals surface area contributed by atoms with Crippen LogP contribution < -0.4 is 20.9 Å². The van der Waals surface area contributed by atoms with E-state index < -0.39 is 6.03 Å². The van der Waals surface area contributed by atoms with E-state index in [-0.39, 0.29) is 5.91 Å². The largest absolute Gasteiger partial charge is 0.371 e. The van der Waals surface area contributed by atoms with Crippen LogP contribution in [0, 0.1) is 0 Å². The van der Waals surface area contributed by atoms with Crippen molar-refractivity contribution >= 4 is 52.2 Å². The first kappa shape index (κ1) is 24.9. The molecule has 1 fully saturated rings. The summed E-state index contributed by atoms with van der Waals surface area (Å²) in [6, 6.07) is 19.9. The number of nitrogens with one attached hydrogen (secondary N) is 3. The molecule has 6 nitrogen and oxygen atoms in total. The second kappa shape index (κ2) is 12.0. The van der Waals surface area contributed by atoms with E-state index in [0.29, 0.717) is 33.5 Å². The molecular weight excluding hydrogens is 483 g/mol. The average Bonchev–Trinajstić information content (AvgIpc) is 2.87. The third-order valence-electron chi connectivity index (χ3n) is 5.92. The van der Waals surface area contributed by atoms with Crippen molar-refractivity contribution in [1.82, 2.24) is 5.32 Å². The minimum atomic E-state index is -0.463. The summed E-state index contributed by atoms with van der Waals surface area (Å²) in [5.74, 6) is -0.161. The lowest BCUT2D eigenvalue weighted by Gasteiger charge is -2.30. The monoisotopic (exact) mass is 510 g/mol. The lowest BCUT2D eigenvalue weighted by atomic mass is 10.1. The summed E-state index contributed by atoms with van der Waals surface area (Å²) >= 11 is 12.1. The summed E-state index contributed by atoms with van der Waals surface area (Å²) in [6.45, 7) is 2.34. The van der Waals surface area contributed by atoms with E-state index in [4.69, 9.17) is 23.2 Å². The highest BCUT2D eigenvalue weighted by molar-refractivity contribution is 6.36. The van der Waals surface area contributed by atoms with Crippen molar-refractivity contribution < 1.29 is 9.59 Å². The van der Waals surface area contributed by atoms with Crippen molar-refractivity contribution in [2.75, 3.05) is 35.2 Å². The van der Waals surface area contributed by atoms with Gasteiger partial charge >= 0.3 is 6.03 Å². The molecule has 35 heavy (non-hydrogen) atoms. The molecule has 3 aromatic carbocycles. The van der Waals surface area contributed by atoms with Gasteiger partial charge in [0.25, 0.3) is 5.91 Å². The zero-order valence-corrected chi connectivity index (χ0v) is 20.8. The Morgan fingerprint density at radius 1 is 0.857 bits per heavy atom. The van der Waals surface area contributed by atoms with Gasteiger partial charge in [-0.1, -0.05) is 53.5 Å². The van der Waals surface area contributed by atoms with Crippen LogP contribution in [-0.4, -0.2) is 31.6 Å². The molecule has 0 aromatic heterocycles. The first-order chi connectivity index (χ1) is 17.0. The number of nitrogens with zero attached hydrogens (tertiary/aromatic N) is 1. The van der Waals surface area contributed by atoms with Crippen molar-refractivity contribution in [1.29, 1.82) is 0 Å². The van der Waals surface area contributed by atoms with Crippen LogP contribution in [0.2, 0.25) is 10.0 Å². The molecule has 3 aromatic rings. The van der Waals surface area contributed by atoms with Crippen LogP contribution >= 0.6 is 23.2 Å². The van der Waals surface area contributed by atoms with Crippen LogP contribution in [0.5, 0.6) is 0 Å². The summed E-state index contributed by atoms with van der Waals surface area (Å²) in [6.07, 6.45) is 4.13. The second-order valence-electron chi connectivity index (χ2n) is 8.47. The highest BCUT2D eigenvalue weighted by atomic mass is 35.5. The molecule has 0 aliphatic carbocycles. The molecule has 1 aliphatic heterocycles. The number of hydrogen-bond donors (Lipinski definition) is 3. The van der Waals surface area contributed by atoms with Gasteiger partial charge in [0.2, 0.25) is 0 Å². The van der Waals surface area contributed by atoms with E-state index in [9.17, 15) is 9.59 Å². The van der Waals surface area contributed by atoms with Crippen LogP contribution in [0.25, 0.3) is 0 Å². The fourth-order valence-electron chi connectivity index (χ4n) is 4.14. The Bertz CT molecular complexity index is 1180. The molecule has 0 unspecified atom stereocenters. The van der Waals surface area contributed by atoms with Gasteiger partial charge in [0.1, 0.15) is 0 Å². The van der Waals surface area contributed by atoms with Crippen molar-refractivity contribution in [3.63, 3.8) is 0 Å². The molecule has 0 spiro atoms. The minimum Gasteiger partial charge on any atom is -0.371 e. The standard InChI is InChI=1S/C27H28Cl2N4O2/c28-20-9-11-24(23(29)17-20)32-27(35)31-21-10-12-25(33-15-5-2-6-16-33)22(18-21)26(34)30-14-13-19-7-3-1-4-8-19/h1,3-4,7-12,17-18H,2,5-6,13-16H2,(H,30,34)(H2,31,32,35). The first-order valence-corrected chi connectivity index (χ1v) is 12.5. The first-order valence-electron chi connectivity index (χ1n) is 11.7. The number of carbonyl (C=O) groups excluding carboxylic acids is 2. The van der Waals surface area contributed by atoms with Gasteiger partial charge in [-0.2, -0.15) is 0 Å². The molecular formula is C27H28Cl2N4O2. The summed E-state index contributed by atoms with van der Waals surface area (Å²) in [5.41, 5.74) is 3.55. The van der Waals surface area contributed by atoms with Gasteiger partial charge in [-0.15, -0.1) is 0 Å². The Kier molecular flexibility index (Phi) is 8.50. The predicted molar refractivity (Wildman–Crippen MR) is 144 cm³/mol. The summed E-state index contributed by atoms with van der Waals surface area (Å²) in [5, 5.41) is 9.37. The van der Waals surface area contributed by atoms with Crippen LogP contribution in [0.1, 0.15) is 35.2 Å². The third-order valence-corrected chi connectivity index (χ3v) is 6.46. The number of amides is 3. The van der Waals surface area contributed by atoms with Gasteiger partial charge in [-0.25, -0.2) is 4.79 Å². The summed E-state index contributed by atoms with van der Waals surface area (Å²) in [7, 11) is 0. The van der Waals surface area contributed by atoms with Crippen molar-refractivity contribution in [2.24, 2.45) is 0 Å². The van der Waals surface area contributed by atoms with Gasteiger partial charge in [0.15, 0.2) is 0 Å². The normalized spacial score (nSPS) is 13.3. The fraction of sp³-hybridized carbons (Fsp3) is 0.259. The van der Waals surface area contributed by atoms with Gasteiger partial charge in [0.05, 0.1) is 16.3 Å². The zero-order valence-electron chi connectivity index (χ0n) is 19.3. The third kappa shape index (κ3) is 6.90. The molecule has 1 heterocycles. The van der Waals surface area contributed by atoms with Crippen LogP contribution in [-0.2, 0) is 6.42 Å². The van der Waals surface area contributed by atoms with E-state index in [1.54, 1.807) is 24.3 Å². The maximum atomic E-state index is 13.2. The molecule has 1 aliphatic rings. The lowest BCUT2D eigenvalue weighted by molar-refractivity contribution is 0.0954. The average molecular weight is 511 g/mol. The summed E-state index contributed by atoms with van der Waals surface area (Å²) in [4.78, 5) is 28.0. The predicted octanol–water partition coefficient (Wildman–Crippen LogP) is 6.60. The highest BCUT2D eigenvalue weighted by Crippen LogP contribution is 2.28. The van der Waals surface area contributed by atoms with E-state index >= 15 is 0 Å². The molecule has 0 saturated carbocycles. The number of benzene rings is 3. The fourth-order valence-corrected chi connectivity index (χ4v) is 4.60. The van der Waals surface area contributed by atoms with Gasteiger partial charge in [-0.05, 0) is 67.6 Å². The second-order valence-corrected chi connectivity index (χ2v) is 9.32. The van der Waals surface area contributed by atoms with Crippen molar-refractivity contribution in [3.8, 4) is 0 Å².